The molecular weight excluding hydrogens is 284 g/mol. The number of nitro groups is 1. The standard InChI is InChI=1S/C15H12N4O3/c1-9-2-3-10(6-14(9)19(21)22)15(20)17-12-5-4-11-8-16-18-13(11)7-12/h2-8H,1H3,(H,16,18)(H,17,20). The Labute approximate surface area is 125 Å². The first kappa shape index (κ1) is 13.7. The molecule has 3 rings (SSSR count). The molecule has 2 aromatic carbocycles. The average molecular weight is 296 g/mol. The second kappa shape index (κ2) is 5.28. The van der Waals surface area contributed by atoms with Crippen molar-refractivity contribution in [2.75, 3.05) is 5.32 Å². The number of aryl methyl sites for hydroxylation is 1. The number of fused-ring (bicyclic) bond motifs is 1. The number of nitro benzene ring substituents is 1. The Kier molecular flexibility index (Phi) is 3.30. The maximum Gasteiger partial charge on any atom is 0.273 e. The number of aromatic amines is 1. The lowest BCUT2D eigenvalue weighted by atomic mass is 10.1. The van der Waals surface area contributed by atoms with E-state index < -0.39 is 10.8 Å². The highest BCUT2D eigenvalue weighted by molar-refractivity contribution is 6.05. The van der Waals surface area contributed by atoms with E-state index in [4.69, 9.17) is 0 Å². The van der Waals surface area contributed by atoms with Crippen molar-refractivity contribution in [2.24, 2.45) is 0 Å². The van der Waals surface area contributed by atoms with E-state index in [1.807, 2.05) is 6.07 Å². The fourth-order valence-electron chi connectivity index (χ4n) is 2.17. The summed E-state index contributed by atoms with van der Waals surface area (Å²) in [7, 11) is 0. The van der Waals surface area contributed by atoms with Gasteiger partial charge in [0.1, 0.15) is 0 Å². The number of nitrogens with one attached hydrogen (secondary N) is 2. The Morgan fingerprint density at radius 2 is 2.09 bits per heavy atom. The molecule has 0 unspecified atom stereocenters. The zero-order valence-electron chi connectivity index (χ0n) is 11.7. The molecule has 2 N–H and O–H groups in total. The molecule has 0 saturated heterocycles. The summed E-state index contributed by atoms with van der Waals surface area (Å²) in [6.07, 6.45) is 1.68. The van der Waals surface area contributed by atoms with Crippen LogP contribution in [-0.2, 0) is 0 Å². The smallest absolute Gasteiger partial charge is 0.273 e. The van der Waals surface area contributed by atoms with Crippen LogP contribution in [0.4, 0.5) is 11.4 Å². The first-order valence-electron chi connectivity index (χ1n) is 6.54. The predicted molar refractivity (Wildman–Crippen MR) is 81.9 cm³/mol. The number of hydrogen-bond acceptors (Lipinski definition) is 4. The van der Waals surface area contributed by atoms with Gasteiger partial charge in [0.25, 0.3) is 11.6 Å². The van der Waals surface area contributed by atoms with E-state index in [9.17, 15) is 14.9 Å². The zero-order valence-corrected chi connectivity index (χ0v) is 11.7. The maximum absolute atomic E-state index is 12.2. The third-order valence-electron chi connectivity index (χ3n) is 3.37. The Balaban J connectivity index is 1.87. The van der Waals surface area contributed by atoms with Gasteiger partial charge in [-0.2, -0.15) is 5.10 Å². The van der Waals surface area contributed by atoms with Gasteiger partial charge < -0.3 is 5.32 Å². The molecule has 7 heteroatoms. The monoisotopic (exact) mass is 296 g/mol. The van der Waals surface area contributed by atoms with Gasteiger partial charge in [-0.05, 0) is 31.2 Å². The van der Waals surface area contributed by atoms with E-state index >= 15 is 0 Å². The molecule has 0 aliphatic carbocycles. The number of amides is 1. The molecule has 0 radical (unpaired) electrons. The van der Waals surface area contributed by atoms with Crippen molar-refractivity contribution >= 4 is 28.2 Å². The van der Waals surface area contributed by atoms with Crippen LogP contribution in [-0.4, -0.2) is 21.0 Å². The fraction of sp³-hybridized carbons (Fsp3) is 0.0667. The van der Waals surface area contributed by atoms with Crippen molar-refractivity contribution in [3.63, 3.8) is 0 Å². The van der Waals surface area contributed by atoms with Gasteiger partial charge in [-0.25, -0.2) is 0 Å². The van der Waals surface area contributed by atoms with Crippen LogP contribution in [0, 0.1) is 17.0 Å². The molecule has 0 fully saturated rings. The minimum atomic E-state index is -0.497. The van der Waals surface area contributed by atoms with Crippen LogP contribution < -0.4 is 5.32 Å². The summed E-state index contributed by atoms with van der Waals surface area (Å²) in [6.45, 7) is 1.63. The normalized spacial score (nSPS) is 10.6. The molecule has 3 aromatic rings. The largest absolute Gasteiger partial charge is 0.322 e. The summed E-state index contributed by atoms with van der Waals surface area (Å²) < 4.78 is 0. The van der Waals surface area contributed by atoms with Crippen molar-refractivity contribution in [3.8, 4) is 0 Å². The first-order valence-corrected chi connectivity index (χ1v) is 6.54. The Morgan fingerprint density at radius 3 is 2.86 bits per heavy atom. The SMILES string of the molecule is Cc1ccc(C(=O)Nc2ccc3cn[nH]c3c2)cc1[N+](=O)[O-]. The lowest BCUT2D eigenvalue weighted by Gasteiger charge is -2.06. The van der Waals surface area contributed by atoms with Gasteiger partial charge in [-0.3, -0.25) is 20.0 Å². The number of aromatic nitrogens is 2. The second-order valence-electron chi connectivity index (χ2n) is 4.88. The van der Waals surface area contributed by atoms with Crippen molar-refractivity contribution < 1.29 is 9.72 Å². The second-order valence-corrected chi connectivity index (χ2v) is 4.88. The van der Waals surface area contributed by atoms with Gasteiger partial charge in [-0.1, -0.05) is 6.07 Å². The third-order valence-corrected chi connectivity index (χ3v) is 3.37. The number of anilines is 1. The lowest BCUT2D eigenvalue weighted by Crippen LogP contribution is -2.12. The third kappa shape index (κ3) is 2.51. The molecule has 0 saturated carbocycles. The van der Waals surface area contributed by atoms with Gasteiger partial charge in [0.2, 0.25) is 0 Å². The maximum atomic E-state index is 12.2. The summed E-state index contributed by atoms with van der Waals surface area (Å²) >= 11 is 0. The van der Waals surface area contributed by atoms with Gasteiger partial charge in [-0.15, -0.1) is 0 Å². The molecule has 0 bridgehead atoms. The van der Waals surface area contributed by atoms with E-state index in [0.717, 1.165) is 10.9 Å². The number of hydrogen-bond donors (Lipinski definition) is 2. The number of nitrogens with zero attached hydrogens (tertiary/aromatic N) is 2. The highest BCUT2D eigenvalue weighted by Gasteiger charge is 2.15. The summed E-state index contributed by atoms with van der Waals surface area (Å²) in [5, 5.41) is 21.3. The number of benzene rings is 2. The van der Waals surface area contributed by atoms with Crippen molar-refractivity contribution in [1.29, 1.82) is 0 Å². The Bertz CT molecular complexity index is 885. The average Bonchev–Trinajstić information content (AvgIpc) is 2.94. The minimum Gasteiger partial charge on any atom is -0.322 e. The molecule has 7 nitrogen and oxygen atoms in total. The number of H-pyrrole nitrogens is 1. The topological polar surface area (TPSA) is 101 Å². The van der Waals surface area contributed by atoms with Crippen LogP contribution in [0.1, 0.15) is 15.9 Å². The molecule has 1 amide bonds. The molecule has 1 heterocycles. The summed E-state index contributed by atoms with van der Waals surface area (Å²) in [5.41, 5.74) is 2.07. The first-order chi connectivity index (χ1) is 10.5. The van der Waals surface area contributed by atoms with Crippen molar-refractivity contribution in [3.05, 3.63) is 63.8 Å². The highest BCUT2D eigenvalue weighted by atomic mass is 16.6. The van der Waals surface area contributed by atoms with Gasteiger partial charge in [0.05, 0.1) is 16.6 Å². The number of carbonyl (C=O) groups is 1. The molecule has 0 aliphatic heterocycles. The molecule has 0 atom stereocenters. The highest BCUT2D eigenvalue weighted by Crippen LogP contribution is 2.21. The van der Waals surface area contributed by atoms with Gasteiger partial charge in [0, 0.05) is 28.3 Å². The predicted octanol–water partition coefficient (Wildman–Crippen LogP) is 3.03. The molecular formula is C15H12N4O3. The fourth-order valence-corrected chi connectivity index (χ4v) is 2.17. The van der Waals surface area contributed by atoms with Crippen LogP contribution in [0.3, 0.4) is 0 Å². The summed E-state index contributed by atoms with van der Waals surface area (Å²) in [5.74, 6) is -0.401. The summed E-state index contributed by atoms with van der Waals surface area (Å²) in [4.78, 5) is 22.7. The van der Waals surface area contributed by atoms with Crippen LogP contribution in [0.5, 0.6) is 0 Å². The molecule has 110 valence electrons. The molecule has 1 aromatic heterocycles. The summed E-state index contributed by atoms with van der Waals surface area (Å²) in [6, 6.07) is 9.73. The van der Waals surface area contributed by atoms with E-state index in [-0.39, 0.29) is 11.3 Å². The van der Waals surface area contributed by atoms with E-state index in [2.05, 4.69) is 15.5 Å². The molecule has 0 spiro atoms. The van der Waals surface area contributed by atoms with Crippen molar-refractivity contribution in [2.45, 2.75) is 6.92 Å². The minimum absolute atomic E-state index is 0.0725. The Morgan fingerprint density at radius 1 is 1.27 bits per heavy atom. The van der Waals surface area contributed by atoms with Crippen molar-refractivity contribution in [1.82, 2.24) is 10.2 Å². The molecule has 0 aliphatic rings. The Hall–Kier alpha value is -3.22. The quantitative estimate of drug-likeness (QED) is 0.573. The molecule has 22 heavy (non-hydrogen) atoms. The van der Waals surface area contributed by atoms with Crippen LogP contribution in [0.25, 0.3) is 10.9 Å². The number of carbonyl (C=O) groups excluding carboxylic acids is 1. The number of rotatable bonds is 3. The van der Waals surface area contributed by atoms with E-state index in [1.54, 1.807) is 37.4 Å². The zero-order chi connectivity index (χ0) is 15.7. The van der Waals surface area contributed by atoms with Gasteiger partial charge >= 0.3 is 0 Å². The van der Waals surface area contributed by atoms with Gasteiger partial charge in [0.15, 0.2) is 0 Å². The van der Waals surface area contributed by atoms with Crippen LogP contribution in [0.15, 0.2) is 42.6 Å². The van der Waals surface area contributed by atoms with Crippen LogP contribution in [0.2, 0.25) is 0 Å². The van der Waals surface area contributed by atoms with E-state index in [1.165, 1.54) is 6.07 Å². The van der Waals surface area contributed by atoms with E-state index in [0.29, 0.717) is 11.3 Å². The lowest BCUT2D eigenvalue weighted by molar-refractivity contribution is -0.385. The van der Waals surface area contributed by atoms with Crippen LogP contribution >= 0.6 is 0 Å².